The molecule has 1 aliphatic heterocycles. The van der Waals surface area contributed by atoms with E-state index in [0.717, 1.165) is 5.56 Å². The highest BCUT2D eigenvalue weighted by molar-refractivity contribution is 5.85. The first-order valence-electron chi connectivity index (χ1n) is 7.14. The Bertz CT molecular complexity index is 543. The van der Waals surface area contributed by atoms with E-state index < -0.39 is 30.8 Å². The lowest BCUT2D eigenvalue weighted by Crippen LogP contribution is -2.40. The van der Waals surface area contributed by atoms with Gasteiger partial charge in [0.25, 0.3) is 5.92 Å². The van der Waals surface area contributed by atoms with Gasteiger partial charge in [0.05, 0.1) is 26.3 Å². The van der Waals surface area contributed by atoms with Gasteiger partial charge in [-0.05, 0) is 24.6 Å². The van der Waals surface area contributed by atoms with Gasteiger partial charge in [-0.3, -0.25) is 10.1 Å². The van der Waals surface area contributed by atoms with Crippen molar-refractivity contribution in [2.75, 3.05) is 20.3 Å². The molecule has 5 nitrogen and oxygen atoms in total. The van der Waals surface area contributed by atoms with Gasteiger partial charge >= 0.3 is 0 Å². The quantitative estimate of drug-likeness (QED) is 0.825. The molecule has 1 heterocycles. The molecule has 1 aromatic carbocycles. The maximum Gasteiger partial charge on any atom is 0.262 e. The molecule has 0 spiro atoms. The van der Waals surface area contributed by atoms with E-state index in [1.165, 1.54) is 0 Å². The number of hydrogen-bond donors (Lipinski definition) is 2. The Morgan fingerprint density at radius 2 is 2.17 bits per heavy atom. The summed E-state index contributed by atoms with van der Waals surface area (Å²) in [6.07, 6.45) is -0.467. The summed E-state index contributed by atoms with van der Waals surface area (Å²) in [6.45, 7) is 2.14. The van der Waals surface area contributed by atoms with Gasteiger partial charge in [-0.2, -0.15) is 0 Å². The molecule has 1 aliphatic rings. The van der Waals surface area contributed by atoms with E-state index in [9.17, 15) is 13.6 Å². The number of halogens is 3. The number of alkyl halides is 2. The maximum absolute atomic E-state index is 13.1. The van der Waals surface area contributed by atoms with Gasteiger partial charge in [-0.1, -0.05) is 6.07 Å². The Hall–Kier alpha value is -1.60. The fraction of sp³-hybridized carbons (Fsp3) is 0.533. The summed E-state index contributed by atoms with van der Waals surface area (Å²) in [4.78, 5) is 11.9. The number of carbonyl (C=O) groups is 1. The largest absolute Gasteiger partial charge is 0.493 e. The topological polar surface area (TPSA) is 59.6 Å². The number of nitrogens with one attached hydrogen (secondary N) is 2. The second-order valence-corrected chi connectivity index (χ2v) is 5.13. The minimum Gasteiger partial charge on any atom is -0.493 e. The Balaban J connectivity index is 0.00000264. The Kier molecular flexibility index (Phi) is 7.02. The third kappa shape index (κ3) is 5.21. The second kappa shape index (κ2) is 8.31. The lowest BCUT2D eigenvalue weighted by Gasteiger charge is -2.13. The van der Waals surface area contributed by atoms with Crippen molar-refractivity contribution in [2.45, 2.75) is 31.9 Å². The van der Waals surface area contributed by atoms with E-state index in [1.54, 1.807) is 25.3 Å². The molecule has 0 bridgehead atoms. The third-order valence-corrected chi connectivity index (χ3v) is 3.42. The molecule has 1 aromatic rings. The van der Waals surface area contributed by atoms with E-state index >= 15 is 0 Å². The summed E-state index contributed by atoms with van der Waals surface area (Å²) in [7, 11) is 1.55. The van der Waals surface area contributed by atoms with E-state index in [0.29, 0.717) is 18.1 Å². The Morgan fingerprint density at radius 1 is 1.43 bits per heavy atom. The van der Waals surface area contributed by atoms with Gasteiger partial charge in [-0.25, -0.2) is 8.78 Å². The van der Waals surface area contributed by atoms with Gasteiger partial charge in [0.15, 0.2) is 11.5 Å². The molecule has 8 heteroatoms. The van der Waals surface area contributed by atoms with Crippen LogP contribution in [0, 0.1) is 0 Å². The summed E-state index contributed by atoms with van der Waals surface area (Å²) in [5.41, 5.74) is 0.808. The van der Waals surface area contributed by atoms with Gasteiger partial charge in [0.1, 0.15) is 0 Å². The number of hydrogen-bond acceptors (Lipinski definition) is 4. The Labute approximate surface area is 140 Å². The first kappa shape index (κ1) is 19.4. The molecule has 1 fully saturated rings. The number of benzene rings is 1. The average Bonchev–Trinajstić information content (AvgIpc) is 2.85. The van der Waals surface area contributed by atoms with Crippen molar-refractivity contribution in [3.63, 3.8) is 0 Å². The summed E-state index contributed by atoms with van der Waals surface area (Å²) in [5.74, 6) is -2.05. The van der Waals surface area contributed by atoms with Crippen molar-refractivity contribution >= 4 is 18.3 Å². The molecule has 2 N–H and O–H groups in total. The van der Waals surface area contributed by atoms with Gasteiger partial charge in [0.2, 0.25) is 5.91 Å². The molecule has 0 saturated carbocycles. The summed E-state index contributed by atoms with van der Waals surface area (Å²) in [5, 5.41) is 5.18. The van der Waals surface area contributed by atoms with E-state index in [-0.39, 0.29) is 19.0 Å². The summed E-state index contributed by atoms with van der Waals surface area (Å²) >= 11 is 0. The van der Waals surface area contributed by atoms with Crippen LogP contribution >= 0.6 is 12.4 Å². The smallest absolute Gasteiger partial charge is 0.262 e. The molecule has 1 amide bonds. The maximum atomic E-state index is 13.1. The zero-order valence-electron chi connectivity index (χ0n) is 13.0. The van der Waals surface area contributed by atoms with E-state index in [1.807, 2.05) is 6.92 Å². The fourth-order valence-electron chi connectivity index (χ4n) is 2.31. The molecular formula is C15H21ClF2N2O3. The third-order valence-electron chi connectivity index (χ3n) is 3.42. The molecule has 0 aliphatic carbocycles. The van der Waals surface area contributed by atoms with Crippen LogP contribution in [0.1, 0.15) is 18.9 Å². The standard InChI is InChI=1S/C15H20F2N2O3.ClH/c1-3-22-13-6-10(4-5-12(13)21-2)8-18-14(20)11-7-15(16,17)9-19-11;/h4-6,11,19H,3,7-9H2,1-2H3,(H,18,20);1H. The predicted octanol–water partition coefficient (Wildman–Crippen LogP) is 2.13. The van der Waals surface area contributed by atoms with Gasteiger partial charge < -0.3 is 14.8 Å². The number of rotatable bonds is 6. The number of methoxy groups -OCH3 is 1. The molecule has 0 radical (unpaired) electrons. The molecule has 130 valence electrons. The van der Waals surface area contributed by atoms with Crippen molar-refractivity contribution in [1.82, 2.24) is 10.6 Å². The molecule has 23 heavy (non-hydrogen) atoms. The van der Waals surface area contributed by atoms with Crippen molar-refractivity contribution in [2.24, 2.45) is 0 Å². The fourth-order valence-corrected chi connectivity index (χ4v) is 2.31. The molecular weight excluding hydrogens is 330 g/mol. The summed E-state index contributed by atoms with van der Waals surface area (Å²) in [6, 6.07) is 4.45. The van der Waals surface area contributed by atoms with Crippen LogP contribution in [0.15, 0.2) is 18.2 Å². The van der Waals surface area contributed by atoms with Gasteiger partial charge in [-0.15, -0.1) is 12.4 Å². The van der Waals surface area contributed by atoms with Crippen LogP contribution in [-0.4, -0.2) is 38.1 Å². The average molecular weight is 351 g/mol. The highest BCUT2D eigenvalue weighted by Crippen LogP contribution is 2.28. The predicted molar refractivity (Wildman–Crippen MR) is 84.6 cm³/mol. The second-order valence-electron chi connectivity index (χ2n) is 5.13. The van der Waals surface area contributed by atoms with Crippen molar-refractivity contribution in [3.05, 3.63) is 23.8 Å². The van der Waals surface area contributed by atoms with Crippen LogP contribution in [0.3, 0.4) is 0 Å². The van der Waals surface area contributed by atoms with Crippen LogP contribution in [0.25, 0.3) is 0 Å². The number of amides is 1. The van der Waals surface area contributed by atoms with Crippen LogP contribution in [0.2, 0.25) is 0 Å². The van der Waals surface area contributed by atoms with Crippen molar-refractivity contribution < 1.29 is 23.0 Å². The molecule has 1 saturated heterocycles. The summed E-state index contributed by atoms with van der Waals surface area (Å²) < 4.78 is 36.8. The normalized spacial score (nSPS) is 18.9. The van der Waals surface area contributed by atoms with Crippen molar-refractivity contribution in [1.29, 1.82) is 0 Å². The highest BCUT2D eigenvalue weighted by Gasteiger charge is 2.42. The van der Waals surface area contributed by atoms with Crippen LogP contribution in [0.5, 0.6) is 11.5 Å². The lowest BCUT2D eigenvalue weighted by molar-refractivity contribution is -0.123. The lowest BCUT2D eigenvalue weighted by atomic mass is 10.1. The first-order valence-corrected chi connectivity index (χ1v) is 7.14. The monoisotopic (exact) mass is 350 g/mol. The minimum absolute atomic E-state index is 0. The molecule has 0 aromatic heterocycles. The Morgan fingerprint density at radius 3 is 2.74 bits per heavy atom. The SMILES string of the molecule is CCOc1cc(CNC(=O)C2CC(F)(F)CN2)ccc1OC.Cl. The van der Waals surface area contributed by atoms with Crippen LogP contribution < -0.4 is 20.1 Å². The molecule has 1 unspecified atom stereocenters. The molecule has 1 atom stereocenters. The van der Waals surface area contributed by atoms with Crippen LogP contribution in [0.4, 0.5) is 8.78 Å². The number of ether oxygens (including phenoxy) is 2. The van der Waals surface area contributed by atoms with E-state index in [2.05, 4.69) is 10.6 Å². The molecule has 2 rings (SSSR count). The zero-order valence-corrected chi connectivity index (χ0v) is 13.8. The number of carbonyl (C=O) groups excluding carboxylic acids is 1. The van der Waals surface area contributed by atoms with E-state index in [4.69, 9.17) is 9.47 Å². The van der Waals surface area contributed by atoms with Gasteiger partial charge in [0, 0.05) is 13.0 Å². The van der Waals surface area contributed by atoms with Crippen LogP contribution in [-0.2, 0) is 11.3 Å². The first-order chi connectivity index (χ1) is 10.4. The van der Waals surface area contributed by atoms with Crippen molar-refractivity contribution in [3.8, 4) is 11.5 Å². The zero-order chi connectivity index (χ0) is 16.2. The minimum atomic E-state index is -2.82. The highest BCUT2D eigenvalue weighted by atomic mass is 35.5.